The van der Waals surface area contributed by atoms with E-state index < -0.39 is 5.82 Å². The maximum Gasteiger partial charge on any atom is 0.305 e. The van der Waals surface area contributed by atoms with Gasteiger partial charge in [-0.3, -0.25) is 9.59 Å². The number of rotatable bonds is 5. The average Bonchev–Trinajstić information content (AvgIpc) is 2.97. The van der Waals surface area contributed by atoms with Gasteiger partial charge in [0.05, 0.1) is 7.11 Å². The average molecular weight is 342 g/mol. The number of ketones is 1. The second-order valence-corrected chi connectivity index (χ2v) is 6.21. The predicted molar refractivity (Wildman–Crippen MR) is 90.8 cm³/mol. The Labute approximate surface area is 145 Å². The summed E-state index contributed by atoms with van der Waals surface area (Å²) in [6.45, 7) is 2.08. The highest BCUT2D eigenvalue weighted by molar-refractivity contribution is 6.08. The van der Waals surface area contributed by atoms with Gasteiger partial charge in [0.15, 0.2) is 5.76 Å². The molecule has 0 saturated carbocycles. The molecule has 2 aromatic rings. The van der Waals surface area contributed by atoms with Crippen molar-refractivity contribution in [2.45, 2.75) is 26.2 Å². The van der Waals surface area contributed by atoms with E-state index in [2.05, 4.69) is 6.92 Å². The third kappa shape index (κ3) is 3.55. The van der Waals surface area contributed by atoms with Gasteiger partial charge in [0.25, 0.3) is 0 Å². The van der Waals surface area contributed by atoms with Crippen molar-refractivity contribution in [1.29, 1.82) is 0 Å². The summed E-state index contributed by atoms with van der Waals surface area (Å²) >= 11 is 0. The lowest BCUT2D eigenvalue weighted by Crippen LogP contribution is -2.09. The van der Waals surface area contributed by atoms with Crippen LogP contribution >= 0.6 is 0 Å². The third-order valence-electron chi connectivity index (χ3n) is 4.37. The molecule has 1 aliphatic carbocycles. The Bertz CT molecular complexity index is 830. The molecule has 1 unspecified atom stereocenters. The fraction of sp³-hybridized carbons (Fsp3) is 0.300. The van der Waals surface area contributed by atoms with Crippen molar-refractivity contribution in [3.63, 3.8) is 0 Å². The maximum atomic E-state index is 13.1. The molecule has 5 heteroatoms. The van der Waals surface area contributed by atoms with Crippen molar-refractivity contribution in [2.75, 3.05) is 7.11 Å². The number of furan rings is 1. The zero-order valence-electron chi connectivity index (χ0n) is 14.2. The largest absolute Gasteiger partial charge is 0.469 e. The Morgan fingerprint density at radius 3 is 2.68 bits per heavy atom. The highest BCUT2D eigenvalue weighted by Gasteiger charge is 2.27. The van der Waals surface area contributed by atoms with Gasteiger partial charge in [-0.05, 0) is 49.1 Å². The molecule has 3 rings (SSSR count). The maximum absolute atomic E-state index is 13.1. The molecular formula is C20H19FO4. The van der Waals surface area contributed by atoms with Crippen LogP contribution in [0.25, 0.3) is 6.08 Å². The predicted octanol–water partition coefficient (Wildman–Crippen LogP) is 3.96. The van der Waals surface area contributed by atoms with Crippen LogP contribution in [0.2, 0.25) is 0 Å². The number of allylic oxidation sites excluding steroid dienone is 1. The highest BCUT2D eigenvalue weighted by atomic mass is 19.1. The lowest BCUT2D eigenvalue weighted by atomic mass is 9.90. The fourth-order valence-corrected chi connectivity index (χ4v) is 3.03. The van der Waals surface area contributed by atoms with Crippen LogP contribution in [0.4, 0.5) is 4.39 Å². The van der Waals surface area contributed by atoms with Crippen LogP contribution in [0.3, 0.4) is 0 Å². The van der Waals surface area contributed by atoms with E-state index in [1.807, 2.05) is 12.2 Å². The van der Waals surface area contributed by atoms with Crippen molar-refractivity contribution < 1.29 is 23.1 Å². The summed E-state index contributed by atoms with van der Waals surface area (Å²) in [6.07, 6.45) is 5.19. The molecule has 0 aliphatic heterocycles. The minimum atomic E-state index is -0.405. The van der Waals surface area contributed by atoms with E-state index in [4.69, 9.17) is 9.15 Å². The van der Waals surface area contributed by atoms with Crippen molar-refractivity contribution in [3.05, 3.63) is 64.4 Å². The Morgan fingerprint density at radius 1 is 1.28 bits per heavy atom. The van der Waals surface area contributed by atoms with Gasteiger partial charge in [-0.25, -0.2) is 4.39 Å². The van der Waals surface area contributed by atoms with Crippen molar-refractivity contribution >= 4 is 17.8 Å². The van der Waals surface area contributed by atoms with Crippen molar-refractivity contribution in [1.82, 2.24) is 0 Å². The lowest BCUT2D eigenvalue weighted by Gasteiger charge is -2.12. The summed E-state index contributed by atoms with van der Waals surface area (Å²) in [4.78, 5) is 24.4. The van der Waals surface area contributed by atoms with E-state index in [9.17, 15) is 14.0 Å². The first-order valence-corrected chi connectivity index (χ1v) is 8.19. The van der Waals surface area contributed by atoms with E-state index >= 15 is 0 Å². The molecule has 0 fully saturated rings. The summed E-state index contributed by atoms with van der Waals surface area (Å²) in [5, 5.41) is 0. The number of halogens is 1. The summed E-state index contributed by atoms with van der Waals surface area (Å²) in [6, 6.07) is 5.35. The molecule has 1 atom stereocenters. The zero-order valence-corrected chi connectivity index (χ0v) is 14.2. The number of hydrogen-bond donors (Lipinski definition) is 0. The Morgan fingerprint density at radius 2 is 2.00 bits per heavy atom. The SMILES string of the molecule is COC(=O)CCc1c(C(=O)c2ccc(F)cc2)oc2c1CC(C)C=C2. The van der Waals surface area contributed by atoms with Gasteiger partial charge in [0.2, 0.25) is 5.78 Å². The molecule has 1 aliphatic rings. The molecule has 4 nitrogen and oxygen atoms in total. The Kier molecular flexibility index (Phi) is 4.83. The van der Waals surface area contributed by atoms with E-state index in [1.165, 1.54) is 31.4 Å². The number of methoxy groups -OCH3 is 1. The third-order valence-corrected chi connectivity index (χ3v) is 4.37. The van der Waals surface area contributed by atoms with Crippen LogP contribution in [0.1, 0.15) is 46.3 Å². The summed E-state index contributed by atoms with van der Waals surface area (Å²) in [7, 11) is 1.34. The molecule has 0 N–H and O–H groups in total. The molecular weight excluding hydrogens is 323 g/mol. The number of carbonyl (C=O) groups excluding carboxylic acids is 2. The van der Waals surface area contributed by atoms with Crippen molar-refractivity contribution in [3.8, 4) is 0 Å². The molecule has 25 heavy (non-hydrogen) atoms. The molecule has 1 aromatic heterocycles. The molecule has 0 amide bonds. The molecule has 1 heterocycles. The summed E-state index contributed by atoms with van der Waals surface area (Å²) in [5.41, 5.74) is 2.05. The summed E-state index contributed by atoms with van der Waals surface area (Å²) < 4.78 is 23.6. The number of fused-ring (bicyclic) bond motifs is 1. The Balaban J connectivity index is 2.00. The number of hydrogen-bond acceptors (Lipinski definition) is 4. The molecule has 1 aromatic carbocycles. The van der Waals surface area contributed by atoms with E-state index in [0.717, 1.165) is 17.5 Å². The van der Waals surface area contributed by atoms with E-state index in [-0.39, 0.29) is 23.9 Å². The normalized spacial score (nSPS) is 15.7. The minimum Gasteiger partial charge on any atom is -0.469 e. The first kappa shape index (κ1) is 17.1. The molecule has 130 valence electrons. The van der Waals surface area contributed by atoms with Crippen LogP contribution in [0, 0.1) is 11.7 Å². The number of esters is 1. The zero-order chi connectivity index (χ0) is 18.0. The van der Waals surface area contributed by atoms with Gasteiger partial charge in [0, 0.05) is 23.1 Å². The van der Waals surface area contributed by atoms with Gasteiger partial charge < -0.3 is 9.15 Å². The van der Waals surface area contributed by atoms with Crippen LogP contribution in [0.5, 0.6) is 0 Å². The Hall–Kier alpha value is -2.69. The van der Waals surface area contributed by atoms with Crippen molar-refractivity contribution in [2.24, 2.45) is 5.92 Å². The standard InChI is InChI=1S/C20H19FO4/c1-12-3-9-17-16(11-12)15(8-10-18(22)24-2)20(25-17)19(23)13-4-6-14(21)7-5-13/h3-7,9,12H,8,10-11H2,1-2H3. The van der Waals surface area contributed by atoms with Gasteiger partial charge in [0.1, 0.15) is 11.6 Å². The second kappa shape index (κ2) is 7.05. The summed E-state index contributed by atoms with van der Waals surface area (Å²) in [5.74, 6) is 0.154. The van der Waals surface area contributed by atoms with Crippen LogP contribution in [0.15, 0.2) is 34.8 Å². The van der Waals surface area contributed by atoms with E-state index in [1.54, 1.807) is 0 Å². The fourth-order valence-electron chi connectivity index (χ4n) is 3.03. The van der Waals surface area contributed by atoms with Crippen LogP contribution in [-0.2, 0) is 22.4 Å². The van der Waals surface area contributed by atoms with Gasteiger partial charge >= 0.3 is 5.97 Å². The van der Waals surface area contributed by atoms with E-state index in [0.29, 0.717) is 23.7 Å². The smallest absolute Gasteiger partial charge is 0.305 e. The van der Waals surface area contributed by atoms with Crippen LogP contribution < -0.4 is 0 Å². The molecule has 0 saturated heterocycles. The van der Waals surface area contributed by atoms with Gasteiger partial charge in [-0.15, -0.1) is 0 Å². The number of ether oxygens (including phenoxy) is 1. The first-order chi connectivity index (χ1) is 12.0. The second-order valence-electron chi connectivity index (χ2n) is 6.21. The van der Waals surface area contributed by atoms with Crippen LogP contribution in [-0.4, -0.2) is 18.9 Å². The number of carbonyl (C=O) groups is 2. The molecule has 0 radical (unpaired) electrons. The minimum absolute atomic E-state index is 0.171. The van der Waals surface area contributed by atoms with Gasteiger partial charge in [-0.1, -0.05) is 13.0 Å². The number of benzene rings is 1. The molecule has 0 bridgehead atoms. The molecule has 0 spiro atoms. The monoisotopic (exact) mass is 342 g/mol. The lowest BCUT2D eigenvalue weighted by molar-refractivity contribution is -0.140. The first-order valence-electron chi connectivity index (χ1n) is 8.19. The topological polar surface area (TPSA) is 56.5 Å². The quantitative estimate of drug-likeness (QED) is 0.610. The van der Waals surface area contributed by atoms with Gasteiger partial charge in [-0.2, -0.15) is 0 Å². The highest BCUT2D eigenvalue weighted by Crippen LogP contribution is 2.33.